The van der Waals surface area contributed by atoms with Crippen molar-refractivity contribution >= 4 is 16.7 Å². The predicted molar refractivity (Wildman–Crippen MR) is 103 cm³/mol. The molecule has 0 amide bonds. The van der Waals surface area contributed by atoms with Gasteiger partial charge in [-0.05, 0) is 30.3 Å². The van der Waals surface area contributed by atoms with Gasteiger partial charge in [0.15, 0.2) is 0 Å². The van der Waals surface area contributed by atoms with Gasteiger partial charge in [0.25, 0.3) is 5.82 Å². The molecular formula is C22H17F3N3O+. The van der Waals surface area contributed by atoms with Crippen LogP contribution in [-0.2, 0) is 6.18 Å². The Morgan fingerprint density at radius 2 is 1.72 bits per heavy atom. The zero-order valence-corrected chi connectivity index (χ0v) is 15.1. The quantitative estimate of drug-likeness (QED) is 0.512. The summed E-state index contributed by atoms with van der Waals surface area (Å²) in [6.07, 6.45) is -1.10. The van der Waals surface area contributed by atoms with Crippen molar-refractivity contribution in [1.82, 2.24) is 4.98 Å². The van der Waals surface area contributed by atoms with Crippen LogP contribution in [0.2, 0.25) is 0 Å². The molecule has 0 saturated heterocycles. The number of halogens is 3. The third kappa shape index (κ3) is 3.85. The van der Waals surface area contributed by atoms with Gasteiger partial charge in [-0.3, -0.25) is 10.3 Å². The molecule has 0 saturated carbocycles. The maximum atomic E-state index is 13.0. The van der Waals surface area contributed by atoms with Crippen molar-refractivity contribution in [2.75, 3.05) is 5.32 Å². The molecule has 0 aliphatic rings. The second-order valence-electron chi connectivity index (χ2n) is 6.55. The van der Waals surface area contributed by atoms with E-state index in [1.807, 2.05) is 24.3 Å². The Bertz CT molecular complexity index is 1130. The smallest absolute Gasteiger partial charge is 0.416 e. The first kappa shape index (κ1) is 18.7. The SMILES string of the molecule is Oc1c([C@@H](Nc2cccc[nH+]2)c2ccc(C(F)(F)F)cc2)ccc2cccnc12. The van der Waals surface area contributed by atoms with Crippen LogP contribution in [0.1, 0.15) is 22.7 Å². The first-order valence-corrected chi connectivity index (χ1v) is 8.90. The van der Waals surface area contributed by atoms with Crippen LogP contribution < -0.4 is 10.3 Å². The van der Waals surface area contributed by atoms with Gasteiger partial charge >= 0.3 is 6.18 Å². The molecule has 0 fully saturated rings. The van der Waals surface area contributed by atoms with Crippen LogP contribution >= 0.6 is 0 Å². The lowest BCUT2D eigenvalue weighted by Crippen LogP contribution is -2.19. The Balaban J connectivity index is 1.82. The number of alkyl halides is 3. The van der Waals surface area contributed by atoms with Gasteiger partial charge in [0, 0.05) is 28.8 Å². The van der Waals surface area contributed by atoms with Crippen LogP contribution in [0.25, 0.3) is 10.9 Å². The minimum atomic E-state index is -4.41. The van der Waals surface area contributed by atoms with Gasteiger partial charge in [0.2, 0.25) is 0 Å². The summed E-state index contributed by atoms with van der Waals surface area (Å²) in [5.41, 5.74) is 0.783. The average Bonchev–Trinajstić information content (AvgIpc) is 2.73. The van der Waals surface area contributed by atoms with E-state index in [1.54, 1.807) is 30.6 Å². The predicted octanol–water partition coefficient (Wildman–Crippen LogP) is 4.97. The standard InChI is InChI=1S/C22H16F3N3O/c23-22(24,25)16-9-6-15(7-10-16)19(28-18-5-1-2-12-26-18)17-11-8-14-4-3-13-27-20(14)21(17)29/h1-13,19,29H,(H,26,28)/p+1/t19-/m0/s1. The molecule has 4 nitrogen and oxygen atoms in total. The lowest BCUT2D eigenvalue weighted by molar-refractivity contribution is -0.361. The zero-order chi connectivity index (χ0) is 20.4. The van der Waals surface area contributed by atoms with Crippen molar-refractivity contribution in [2.24, 2.45) is 0 Å². The van der Waals surface area contributed by atoms with E-state index in [1.165, 1.54) is 12.1 Å². The van der Waals surface area contributed by atoms with Gasteiger partial charge in [-0.15, -0.1) is 0 Å². The van der Waals surface area contributed by atoms with E-state index in [4.69, 9.17) is 0 Å². The normalized spacial score (nSPS) is 12.7. The van der Waals surface area contributed by atoms with E-state index < -0.39 is 17.8 Å². The number of anilines is 1. The summed E-state index contributed by atoms with van der Waals surface area (Å²) >= 11 is 0. The Morgan fingerprint density at radius 3 is 2.41 bits per heavy atom. The number of rotatable bonds is 4. The zero-order valence-electron chi connectivity index (χ0n) is 15.1. The van der Waals surface area contributed by atoms with Gasteiger partial charge in [-0.2, -0.15) is 13.2 Å². The monoisotopic (exact) mass is 396 g/mol. The van der Waals surface area contributed by atoms with Crippen molar-refractivity contribution in [3.8, 4) is 5.75 Å². The van der Waals surface area contributed by atoms with Gasteiger partial charge in [0.1, 0.15) is 17.3 Å². The number of nitrogens with one attached hydrogen (secondary N) is 2. The minimum Gasteiger partial charge on any atom is -0.505 e. The molecule has 0 aliphatic carbocycles. The molecule has 146 valence electrons. The highest BCUT2D eigenvalue weighted by Gasteiger charge is 2.31. The van der Waals surface area contributed by atoms with Crippen LogP contribution in [0.3, 0.4) is 0 Å². The first-order valence-electron chi connectivity index (χ1n) is 8.90. The maximum Gasteiger partial charge on any atom is 0.416 e. The fourth-order valence-electron chi connectivity index (χ4n) is 3.22. The Morgan fingerprint density at radius 1 is 0.931 bits per heavy atom. The average molecular weight is 396 g/mol. The number of fused-ring (bicyclic) bond motifs is 1. The third-order valence-corrected chi connectivity index (χ3v) is 4.67. The summed E-state index contributed by atoms with van der Waals surface area (Å²) in [4.78, 5) is 7.28. The molecule has 0 unspecified atom stereocenters. The highest BCUT2D eigenvalue weighted by atomic mass is 19.4. The fourth-order valence-corrected chi connectivity index (χ4v) is 3.22. The summed E-state index contributed by atoms with van der Waals surface area (Å²) in [5.74, 6) is 0.634. The van der Waals surface area contributed by atoms with Crippen LogP contribution in [0.4, 0.5) is 19.0 Å². The van der Waals surface area contributed by atoms with Crippen molar-refractivity contribution in [3.05, 3.63) is 95.8 Å². The minimum absolute atomic E-state index is 0.0172. The summed E-state index contributed by atoms with van der Waals surface area (Å²) < 4.78 is 38.9. The van der Waals surface area contributed by atoms with E-state index in [-0.39, 0.29) is 5.75 Å². The summed E-state index contributed by atoms with van der Waals surface area (Å²) in [5, 5.41) is 14.9. The van der Waals surface area contributed by atoms with Crippen molar-refractivity contribution < 1.29 is 23.3 Å². The number of nitrogens with zero attached hydrogens (tertiary/aromatic N) is 1. The molecule has 7 heteroatoms. The number of phenolic OH excluding ortho intramolecular Hbond substituents is 1. The molecule has 4 aromatic rings. The van der Waals surface area contributed by atoms with Gasteiger partial charge in [-0.25, -0.2) is 4.98 Å². The summed E-state index contributed by atoms with van der Waals surface area (Å²) in [7, 11) is 0. The Kier molecular flexibility index (Phi) is 4.80. The van der Waals surface area contributed by atoms with Crippen molar-refractivity contribution in [3.63, 3.8) is 0 Å². The number of benzene rings is 2. The van der Waals surface area contributed by atoms with Gasteiger partial charge in [-0.1, -0.05) is 30.3 Å². The number of hydrogen-bond donors (Lipinski definition) is 2. The molecule has 0 aliphatic heterocycles. The maximum absolute atomic E-state index is 13.0. The molecular weight excluding hydrogens is 379 g/mol. The van der Waals surface area contributed by atoms with Gasteiger partial charge < -0.3 is 5.11 Å². The number of phenols is 1. The molecule has 29 heavy (non-hydrogen) atoms. The van der Waals surface area contributed by atoms with Gasteiger partial charge in [0.05, 0.1) is 11.8 Å². The third-order valence-electron chi connectivity index (χ3n) is 4.67. The highest BCUT2D eigenvalue weighted by Crippen LogP contribution is 2.37. The van der Waals surface area contributed by atoms with Crippen LogP contribution in [-0.4, -0.2) is 10.1 Å². The van der Waals surface area contributed by atoms with E-state index in [2.05, 4.69) is 15.3 Å². The van der Waals surface area contributed by atoms with E-state index in [0.717, 1.165) is 17.5 Å². The van der Waals surface area contributed by atoms with Crippen LogP contribution in [0, 0.1) is 0 Å². The largest absolute Gasteiger partial charge is 0.505 e. The summed E-state index contributed by atoms with van der Waals surface area (Å²) in [6, 6.07) is 16.9. The molecule has 2 aromatic heterocycles. The first-order chi connectivity index (χ1) is 13.9. The molecule has 0 spiro atoms. The lowest BCUT2D eigenvalue weighted by atomic mass is 9.95. The van der Waals surface area contributed by atoms with Crippen LogP contribution in [0.15, 0.2) is 79.1 Å². The number of pyridine rings is 2. The molecule has 0 bridgehead atoms. The number of aromatic hydroxyl groups is 1. The Labute approximate surface area is 164 Å². The molecule has 2 aromatic carbocycles. The Hall–Kier alpha value is -3.61. The van der Waals surface area contributed by atoms with Crippen LogP contribution in [0.5, 0.6) is 5.75 Å². The molecule has 0 radical (unpaired) electrons. The second-order valence-corrected chi connectivity index (χ2v) is 6.55. The molecule has 2 heterocycles. The fraction of sp³-hybridized carbons (Fsp3) is 0.0909. The number of H-pyrrole nitrogens is 1. The molecule has 1 atom stereocenters. The van der Waals surface area contributed by atoms with Crippen molar-refractivity contribution in [1.29, 1.82) is 0 Å². The number of aromatic amines is 1. The second kappa shape index (κ2) is 7.43. The molecule has 3 N–H and O–H groups in total. The topological polar surface area (TPSA) is 59.3 Å². The molecule has 4 rings (SSSR count). The van der Waals surface area contributed by atoms with E-state index >= 15 is 0 Å². The number of aromatic nitrogens is 2. The lowest BCUT2D eigenvalue weighted by Gasteiger charge is -2.18. The summed E-state index contributed by atoms with van der Waals surface area (Å²) in [6.45, 7) is 0. The van der Waals surface area contributed by atoms with E-state index in [9.17, 15) is 18.3 Å². The highest BCUT2D eigenvalue weighted by molar-refractivity contribution is 5.85. The van der Waals surface area contributed by atoms with E-state index in [0.29, 0.717) is 22.5 Å². The number of hydrogen-bond acceptors (Lipinski definition) is 3. The van der Waals surface area contributed by atoms with Crippen molar-refractivity contribution in [2.45, 2.75) is 12.2 Å².